The predicted molar refractivity (Wildman–Crippen MR) is 83.6 cm³/mol. The maximum atomic E-state index is 10.7. The summed E-state index contributed by atoms with van der Waals surface area (Å²) in [5, 5.41) is 11.1. The number of fused-ring (bicyclic) bond motifs is 1. The molecule has 0 heterocycles. The van der Waals surface area contributed by atoms with E-state index in [0.717, 1.165) is 16.9 Å². The van der Waals surface area contributed by atoms with Gasteiger partial charge in [-0.05, 0) is 22.9 Å². The van der Waals surface area contributed by atoms with Crippen molar-refractivity contribution in [3.05, 3.63) is 42.5 Å². The fourth-order valence-corrected chi connectivity index (χ4v) is 2.67. The fourth-order valence-electron chi connectivity index (χ4n) is 1.81. The molecule has 0 spiro atoms. The summed E-state index contributed by atoms with van der Waals surface area (Å²) in [4.78, 5) is 10.7. The van der Waals surface area contributed by atoms with Crippen LogP contribution in [0.1, 0.15) is 6.92 Å². The van der Waals surface area contributed by atoms with Crippen LogP contribution in [0.3, 0.4) is 0 Å². The van der Waals surface area contributed by atoms with Gasteiger partial charge < -0.3 is 9.84 Å². The molecule has 2 rings (SSSR count). The number of ether oxygens (including phenoxy) is 1. The lowest BCUT2D eigenvalue weighted by atomic mass is 10.1. The average Bonchev–Trinajstić information content (AvgIpc) is 2.46. The fraction of sp³-hybridized carbons (Fsp3) is 0.312. The van der Waals surface area contributed by atoms with Crippen LogP contribution in [0.4, 0.5) is 0 Å². The van der Waals surface area contributed by atoms with Crippen LogP contribution >= 0.6 is 11.8 Å². The number of rotatable bonds is 7. The van der Waals surface area contributed by atoms with Gasteiger partial charge in [-0.3, -0.25) is 4.79 Å². The SMILES string of the molecule is CC(CSCCOc1ccc2ccccc2c1)C(=O)O. The van der Waals surface area contributed by atoms with Gasteiger partial charge >= 0.3 is 5.97 Å². The summed E-state index contributed by atoms with van der Waals surface area (Å²) in [5.74, 6) is 1.23. The molecular formula is C16H18O3S. The van der Waals surface area contributed by atoms with Gasteiger partial charge in [-0.1, -0.05) is 37.3 Å². The van der Waals surface area contributed by atoms with E-state index in [2.05, 4.69) is 12.1 Å². The van der Waals surface area contributed by atoms with E-state index in [9.17, 15) is 4.79 Å². The van der Waals surface area contributed by atoms with Gasteiger partial charge in [0.2, 0.25) is 0 Å². The molecule has 0 saturated carbocycles. The van der Waals surface area contributed by atoms with Crippen molar-refractivity contribution >= 4 is 28.5 Å². The monoisotopic (exact) mass is 290 g/mol. The van der Waals surface area contributed by atoms with Crippen molar-refractivity contribution in [2.75, 3.05) is 18.1 Å². The van der Waals surface area contributed by atoms with Gasteiger partial charge in [0.25, 0.3) is 0 Å². The first kappa shape index (κ1) is 14.7. The minimum absolute atomic E-state index is 0.305. The van der Waals surface area contributed by atoms with Crippen LogP contribution in [0, 0.1) is 5.92 Å². The van der Waals surface area contributed by atoms with Gasteiger partial charge in [0.15, 0.2) is 0 Å². The number of carboxylic acid groups (broad SMARTS) is 1. The molecule has 106 valence electrons. The summed E-state index contributed by atoms with van der Waals surface area (Å²) in [6.07, 6.45) is 0. The molecule has 4 heteroatoms. The Labute approximate surface area is 122 Å². The molecule has 1 N–H and O–H groups in total. The van der Waals surface area contributed by atoms with Crippen LogP contribution < -0.4 is 4.74 Å². The molecule has 0 aliphatic heterocycles. The predicted octanol–water partition coefficient (Wildman–Crippen LogP) is 3.67. The van der Waals surface area contributed by atoms with Gasteiger partial charge in [-0.2, -0.15) is 11.8 Å². The zero-order valence-corrected chi connectivity index (χ0v) is 12.2. The molecule has 0 fully saturated rings. The van der Waals surface area contributed by atoms with E-state index in [-0.39, 0.29) is 5.92 Å². The zero-order chi connectivity index (χ0) is 14.4. The molecule has 0 aliphatic rings. The lowest BCUT2D eigenvalue weighted by Crippen LogP contribution is -2.13. The Morgan fingerprint density at radius 2 is 2.00 bits per heavy atom. The molecule has 0 saturated heterocycles. The minimum Gasteiger partial charge on any atom is -0.493 e. The van der Waals surface area contributed by atoms with Gasteiger partial charge in [-0.25, -0.2) is 0 Å². The highest BCUT2D eigenvalue weighted by atomic mass is 32.2. The Balaban J connectivity index is 1.77. The Bertz CT molecular complexity index is 583. The average molecular weight is 290 g/mol. The van der Waals surface area contributed by atoms with Crippen LogP contribution in [0.2, 0.25) is 0 Å². The Morgan fingerprint density at radius 3 is 2.75 bits per heavy atom. The van der Waals surface area contributed by atoms with Crippen molar-refractivity contribution in [3.63, 3.8) is 0 Å². The Morgan fingerprint density at radius 1 is 1.25 bits per heavy atom. The van der Waals surface area contributed by atoms with Crippen molar-refractivity contribution < 1.29 is 14.6 Å². The highest BCUT2D eigenvalue weighted by Crippen LogP contribution is 2.20. The highest BCUT2D eigenvalue weighted by molar-refractivity contribution is 7.99. The molecule has 1 unspecified atom stereocenters. The second-order valence-corrected chi connectivity index (χ2v) is 5.82. The van der Waals surface area contributed by atoms with E-state index in [0.29, 0.717) is 12.4 Å². The van der Waals surface area contributed by atoms with E-state index in [1.807, 2.05) is 30.3 Å². The summed E-state index contributed by atoms with van der Waals surface area (Å²) in [6.45, 7) is 2.31. The van der Waals surface area contributed by atoms with Gasteiger partial charge in [0.05, 0.1) is 12.5 Å². The molecule has 3 nitrogen and oxygen atoms in total. The van der Waals surface area contributed by atoms with Crippen LogP contribution in [-0.4, -0.2) is 29.2 Å². The molecular weight excluding hydrogens is 272 g/mol. The van der Waals surface area contributed by atoms with Gasteiger partial charge in [0, 0.05) is 11.5 Å². The third-order valence-electron chi connectivity index (χ3n) is 3.01. The molecule has 0 bridgehead atoms. The van der Waals surface area contributed by atoms with Crippen LogP contribution in [0.25, 0.3) is 10.8 Å². The molecule has 0 aromatic heterocycles. The first-order valence-electron chi connectivity index (χ1n) is 6.59. The number of aliphatic carboxylic acids is 1. The van der Waals surface area contributed by atoms with E-state index in [4.69, 9.17) is 9.84 Å². The second kappa shape index (κ2) is 7.20. The largest absolute Gasteiger partial charge is 0.493 e. The summed E-state index contributed by atoms with van der Waals surface area (Å²) < 4.78 is 5.69. The molecule has 1 atom stereocenters. The third-order valence-corrected chi connectivity index (χ3v) is 4.20. The first-order valence-corrected chi connectivity index (χ1v) is 7.74. The number of carboxylic acids is 1. The lowest BCUT2D eigenvalue weighted by molar-refractivity contribution is -0.140. The molecule has 0 aliphatic carbocycles. The Hall–Kier alpha value is -1.68. The maximum absolute atomic E-state index is 10.7. The number of thioether (sulfide) groups is 1. The number of carbonyl (C=O) groups is 1. The first-order chi connectivity index (χ1) is 9.66. The standard InChI is InChI=1S/C16H18O3S/c1-12(16(17)18)11-20-9-8-19-15-7-6-13-4-2-3-5-14(13)10-15/h2-7,10,12H,8-9,11H2,1H3,(H,17,18). The quantitative estimate of drug-likeness (QED) is 0.790. The number of hydrogen-bond donors (Lipinski definition) is 1. The van der Waals surface area contributed by atoms with Crippen LogP contribution in [0.5, 0.6) is 5.75 Å². The van der Waals surface area contributed by atoms with Gasteiger partial charge in [0.1, 0.15) is 5.75 Å². The highest BCUT2D eigenvalue weighted by Gasteiger charge is 2.09. The lowest BCUT2D eigenvalue weighted by Gasteiger charge is -2.08. The topological polar surface area (TPSA) is 46.5 Å². The van der Waals surface area contributed by atoms with Crippen molar-refractivity contribution in [2.45, 2.75) is 6.92 Å². The van der Waals surface area contributed by atoms with E-state index >= 15 is 0 Å². The normalized spacial score (nSPS) is 12.2. The van der Waals surface area contributed by atoms with Crippen LogP contribution in [0.15, 0.2) is 42.5 Å². The third kappa shape index (κ3) is 4.17. The minimum atomic E-state index is -0.743. The molecule has 0 amide bonds. The van der Waals surface area contributed by atoms with Crippen molar-refractivity contribution in [3.8, 4) is 5.75 Å². The van der Waals surface area contributed by atoms with Crippen molar-refractivity contribution in [1.82, 2.24) is 0 Å². The van der Waals surface area contributed by atoms with Crippen molar-refractivity contribution in [1.29, 1.82) is 0 Å². The van der Waals surface area contributed by atoms with Crippen LogP contribution in [-0.2, 0) is 4.79 Å². The summed E-state index contributed by atoms with van der Waals surface area (Å²) in [5.41, 5.74) is 0. The summed E-state index contributed by atoms with van der Waals surface area (Å²) >= 11 is 1.61. The number of benzene rings is 2. The smallest absolute Gasteiger partial charge is 0.307 e. The molecule has 0 radical (unpaired) electrons. The zero-order valence-electron chi connectivity index (χ0n) is 11.4. The second-order valence-electron chi connectivity index (χ2n) is 4.67. The van der Waals surface area contributed by atoms with E-state index < -0.39 is 5.97 Å². The maximum Gasteiger partial charge on any atom is 0.307 e. The summed E-state index contributed by atoms with van der Waals surface area (Å²) in [6, 6.07) is 14.2. The van der Waals surface area contributed by atoms with Crippen molar-refractivity contribution in [2.24, 2.45) is 5.92 Å². The van der Waals surface area contributed by atoms with Gasteiger partial charge in [-0.15, -0.1) is 0 Å². The summed E-state index contributed by atoms with van der Waals surface area (Å²) in [7, 11) is 0. The molecule has 20 heavy (non-hydrogen) atoms. The number of hydrogen-bond acceptors (Lipinski definition) is 3. The van der Waals surface area contributed by atoms with E-state index in [1.165, 1.54) is 5.39 Å². The van der Waals surface area contributed by atoms with E-state index in [1.54, 1.807) is 18.7 Å². The Kier molecular flexibility index (Phi) is 5.30. The molecule has 2 aromatic rings. The molecule has 2 aromatic carbocycles.